The first-order valence-electron chi connectivity index (χ1n) is 9.24. The fourth-order valence-corrected chi connectivity index (χ4v) is 3.79. The number of aromatic nitrogens is 3. The van der Waals surface area contributed by atoms with Crippen LogP contribution in [-0.4, -0.2) is 26.7 Å². The zero-order chi connectivity index (χ0) is 19.7. The van der Waals surface area contributed by atoms with Crippen molar-refractivity contribution in [3.05, 3.63) is 89.3 Å². The van der Waals surface area contributed by atoms with Crippen molar-refractivity contribution in [1.82, 2.24) is 20.1 Å². The molecule has 0 aliphatic heterocycles. The number of benzene rings is 1. The number of carbonyl (C=O) groups is 1. The van der Waals surface area contributed by atoms with Gasteiger partial charge in [-0.05, 0) is 56.7 Å². The second kappa shape index (κ2) is 7.38. The standard InChI is InChI=1S/C22H21FN4O/c1-14-21(15(2)27(26-14)20-9-6-18(23)7-10-20)16-5-8-19(12-16)25-22(28)17-4-3-11-24-13-17/h3-11,13,16,19H,12H2,1-2H3,(H,25,28). The molecule has 0 fully saturated rings. The Balaban J connectivity index is 1.51. The van der Waals surface area contributed by atoms with Crippen LogP contribution in [0.4, 0.5) is 4.39 Å². The Morgan fingerprint density at radius 3 is 2.68 bits per heavy atom. The maximum absolute atomic E-state index is 13.2. The number of amides is 1. The number of halogens is 1. The van der Waals surface area contributed by atoms with Crippen molar-refractivity contribution >= 4 is 5.91 Å². The Morgan fingerprint density at radius 1 is 1.18 bits per heavy atom. The highest BCUT2D eigenvalue weighted by molar-refractivity contribution is 5.94. The molecule has 142 valence electrons. The van der Waals surface area contributed by atoms with E-state index >= 15 is 0 Å². The van der Waals surface area contributed by atoms with Crippen LogP contribution in [0.25, 0.3) is 5.69 Å². The number of carbonyl (C=O) groups excluding carboxylic acids is 1. The topological polar surface area (TPSA) is 59.8 Å². The van der Waals surface area contributed by atoms with Crippen LogP contribution in [0, 0.1) is 19.7 Å². The number of nitrogens with one attached hydrogen (secondary N) is 1. The minimum atomic E-state index is -0.267. The fraction of sp³-hybridized carbons (Fsp3) is 0.227. The summed E-state index contributed by atoms with van der Waals surface area (Å²) in [5.41, 5.74) is 4.50. The molecule has 0 saturated carbocycles. The molecule has 2 atom stereocenters. The van der Waals surface area contributed by atoms with E-state index in [9.17, 15) is 9.18 Å². The smallest absolute Gasteiger partial charge is 0.253 e. The van der Waals surface area contributed by atoms with Gasteiger partial charge in [0.2, 0.25) is 0 Å². The Bertz CT molecular complexity index is 1020. The van der Waals surface area contributed by atoms with E-state index < -0.39 is 0 Å². The summed E-state index contributed by atoms with van der Waals surface area (Å²) in [5.74, 6) is -0.219. The van der Waals surface area contributed by atoms with Crippen molar-refractivity contribution in [3.63, 3.8) is 0 Å². The zero-order valence-electron chi connectivity index (χ0n) is 15.8. The summed E-state index contributed by atoms with van der Waals surface area (Å²) < 4.78 is 15.1. The quantitative estimate of drug-likeness (QED) is 0.704. The molecule has 2 aromatic heterocycles. The molecule has 5 nitrogen and oxygen atoms in total. The predicted octanol–water partition coefficient (Wildman–Crippen LogP) is 3.87. The van der Waals surface area contributed by atoms with E-state index in [2.05, 4.69) is 21.5 Å². The molecule has 1 aliphatic carbocycles. The lowest BCUT2D eigenvalue weighted by atomic mass is 9.96. The van der Waals surface area contributed by atoms with Crippen LogP contribution in [0.15, 0.2) is 60.9 Å². The van der Waals surface area contributed by atoms with Gasteiger partial charge in [-0.1, -0.05) is 12.2 Å². The van der Waals surface area contributed by atoms with Gasteiger partial charge in [0.15, 0.2) is 0 Å². The van der Waals surface area contributed by atoms with E-state index in [1.54, 1.807) is 36.7 Å². The maximum atomic E-state index is 13.2. The second-order valence-electron chi connectivity index (χ2n) is 7.02. The summed E-state index contributed by atoms with van der Waals surface area (Å²) in [7, 11) is 0. The average molecular weight is 376 g/mol. The van der Waals surface area contributed by atoms with Crippen LogP contribution in [0.1, 0.15) is 39.6 Å². The summed E-state index contributed by atoms with van der Waals surface area (Å²) in [5, 5.41) is 7.70. The third-order valence-electron chi connectivity index (χ3n) is 5.11. The van der Waals surface area contributed by atoms with Gasteiger partial charge in [0.25, 0.3) is 5.91 Å². The number of rotatable bonds is 4. The van der Waals surface area contributed by atoms with Gasteiger partial charge in [-0.2, -0.15) is 5.10 Å². The molecule has 1 aromatic carbocycles. The monoisotopic (exact) mass is 376 g/mol. The highest BCUT2D eigenvalue weighted by atomic mass is 19.1. The fourth-order valence-electron chi connectivity index (χ4n) is 3.79. The first-order chi connectivity index (χ1) is 13.5. The van der Waals surface area contributed by atoms with E-state index in [0.717, 1.165) is 29.1 Å². The van der Waals surface area contributed by atoms with Gasteiger partial charge in [-0.15, -0.1) is 0 Å². The number of aryl methyl sites for hydroxylation is 1. The Labute approximate surface area is 162 Å². The second-order valence-corrected chi connectivity index (χ2v) is 7.02. The minimum absolute atomic E-state index is 0.0364. The van der Waals surface area contributed by atoms with E-state index in [0.29, 0.717) is 5.56 Å². The summed E-state index contributed by atoms with van der Waals surface area (Å²) >= 11 is 0. The van der Waals surface area contributed by atoms with Gasteiger partial charge in [0, 0.05) is 35.6 Å². The van der Waals surface area contributed by atoms with Crippen molar-refractivity contribution < 1.29 is 9.18 Å². The summed E-state index contributed by atoms with van der Waals surface area (Å²) in [4.78, 5) is 16.4. The highest BCUT2D eigenvalue weighted by Gasteiger charge is 2.27. The molecular formula is C22H21FN4O. The molecule has 4 rings (SSSR count). The molecule has 2 unspecified atom stereocenters. The average Bonchev–Trinajstić information content (AvgIpc) is 3.26. The van der Waals surface area contributed by atoms with Crippen molar-refractivity contribution in [3.8, 4) is 5.69 Å². The Morgan fingerprint density at radius 2 is 1.96 bits per heavy atom. The number of allylic oxidation sites excluding steroid dienone is 1. The first-order valence-corrected chi connectivity index (χ1v) is 9.24. The summed E-state index contributed by atoms with van der Waals surface area (Å²) in [6.45, 7) is 4.01. The number of pyridine rings is 1. The van der Waals surface area contributed by atoms with Gasteiger partial charge >= 0.3 is 0 Å². The SMILES string of the molecule is Cc1nn(-c2ccc(F)cc2)c(C)c1C1C=CC(NC(=O)c2cccnc2)C1. The van der Waals surface area contributed by atoms with Crippen LogP contribution >= 0.6 is 0 Å². The molecule has 1 aliphatic rings. The highest BCUT2D eigenvalue weighted by Crippen LogP contribution is 2.34. The molecule has 0 bridgehead atoms. The van der Waals surface area contributed by atoms with Crippen LogP contribution in [0.3, 0.4) is 0 Å². The minimum Gasteiger partial charge on any atom is -0.346 e. The van der Waals surface area contributed by atoms with Crippen molar-refractivity contribution in [2.24, 2.45) is 0 Å². The molecule has 1 N–H and O–H groups in total. The maximum Gasteiger partial charge on any atom is 0.253 e. The van der Waals surface area contributed by atoms with Gasteiger partial charge in [0.05, 0.1) is 16.9 Å². The molecule has 0 spiro atoms. The van der Waals surface area contributed by atoms with Gasteiger partial charge in [-0.3, -0.25) is 9.78 Å². The van der Waals surface area contributed by atoms with Crippen LogP contribution in [0.5, 0.6) is 0 Å². The lowest BCUT2D eigenvalue weighted by Gasteiger charge is -2.15. The van der Waals surface area contributed by atoms with E-state index in [1.807, 2.05) is 24.6 Å². The lowest BCUT2D eigenvalue weighted by molar-refractivity contribution is 0.0943. The first kappa shape index (κ1) is 18.1. The van der Waals surface area contributed by atoms with Gasteiger partial charge in [-0.25, -0.2) is 9.07 Å². The molecule has 3 aromatic rings. The lowest BCUT2D eigenvalue weighted by Crippen LogP contribution is -2.32. The van der Waals surface area contributed by atoms with Crippen LogP contribution in [0.2, 0.25) is 0 Å². The van der Waals surface area contributed by atoms with Crippen molar-refractivity contribution in [2.75, 3.05) is 0 Å². The number of hydrogen-bond donors (Lipinski definition) is 1. The Kier molecular flexibility index (Phi) is 4.77. The number of hydrogen-bond acceptors (Lipinski definition) is 3. The molecule has 28 heavy (non-hydrogen) atoms. The van der Waals surface area contributed by atoms with E-state index in [-0.39, 0.29) is 23.7 Å². The van der Waals surface area contributed by atoms with E-state index in [1.165, 1.54) is 12.1 Å². The zero-order valence-corrected chi connectivity index (χ0v) is 15.8. The van der Waals surface area contributed by atoms with Crippen molar-refractivity contribution in [1.29, 1.82) is 0 Å². The number of nitrogens with zero attached hydrogens (tertiary/aromatic N) is 3. The van der Waals surface area contributed by atoms with Gasteiger partial charge in [0.1, 0.15) is 5.82 Å². The predicted molar refractivity (Wildman–Crippen MR) is 105 cm³/mol. The summed E-state index contributed by atoms with van der Waals surface area (Å²) in [6, 6.07) is 9.78. The third-order valence-corrected chi connectivity index (χ3v) is 5.11. The summed E-state index contributed by atoms with van der Waals surface area (Å²) in [6.07, 6.45) is 8.15. The van der Waals surface area contributed by atoms with Gasteiger partial charge < -0.3 is 5.32 Å². The van der Waals surface area contributed by atoms with Crippen molar-refractivity contribution in [2.45, 2.75) is 32.2 Å². The normalized spacial score (nSPS) is 18.4. The molecule has 1 amide bonds. The van der Waals surface area contributed by atoms with E-state index in [4.69, 9.17) is 0 Å². The molecule has 0 saturated heterocycles. The third kappa shape index (κ3) is 3.45. The van der Waals surface area contributed by atoms with Crippen LogP contribution in [-0.2, 0) is 0 Å². The molecule has 6 heteroatoms. The molecule has 0 radical (unpaired) electrons. The van der Waals surface area contributed by atoms with Crippen LogP contribution < -0.4 is 5.32 Å². The molecule has 2 heterocycles. The Hall–Kier alpha value is -3.28. The molecular weight excluding hydrogens is 355 g/mol. The largest absolute Gasteiger partial charge is 0.346 e.